The van der Waals surface area contributed by atoms with Crippen LogP contribution in [0.2, 0.25) is 5.02 Å². The van der Waals surface area contributed by atoms with Crippen molar-refractivity contribution >= 4 is 39.1 Å². The second-order valence-electron chi connectivity index (χ2n) is 11.8. The summed E-state index contributed by atoms with van der Waals surface area (Å²) in [6.07, 6.45) is 1.84. The van der Waals surface area contributed by atoms with Crippen molar-refractivity contribution in [3.05, 3.63) is 100 Å². The fourth-order valence-corrected chi connectivity index (χ4v) is 5.89. The summed E-state index contributed by atoms with van der Waals surface area (Å²) < 4.78 is 26.8. The number of sulfonamides is 1. The molecule has 226 valence electrons. The minimum Gasteiger partial charge on any atom is -0.350 e. The highest BCUT2D eigenvalue weighted by Gasteiger charge is 2.32. The van der Waals surface area contributed by atoms with Crippen molar-refractivity contribution in [1.29, 1.82) is 0 Å². The third-order valence-corrected chi connectivity index (χ3v) is 8.37. The third-order valence-electron chi connectivity index (χ3n) is 6.94. The Morgan fingerprint density at radius 1 is 0.905 bits per heavy atom. The highest BCUT2D eigenvalue weighted by Crippen LogP contribution is 2.23. The first kappa shape index (κ1) is 33.1. The number of rotatable bonds is 12. The first-order valence-corrected chi connectivity index (χ1v) is 16.3. The molecule has 0 spiro atoms. The average molecular weight is 612 g/mol. The van der Waals surface area contributed by atoms with Gasteiger partial charge in [0, 0.05) is 36.5 Å². The molecule has 0 heterocycles. The number of hydrogen-bond acceptors (Lipinski definition) is 4. The Morgan fingerprint density at radius 2 is 1.57 bits per heavy atom. The molecule has 1 N–H and O–H groups in total. The van der Waals surface area contributed by atoms with Crippen LogP contribution in [0.4, 0.5) is 5.69 Å². The molecule has 0 bridgehead atoms. The lowest BCUT2D eigenvalue weighted by atomic mass is 10.00. The van der Waals surface area contributed by atoms with E-state index in [1.807, 2.05) is 89.2 Å². The van der Waals surface area contributed by atoms with Gasteiger partial charge in [-0.15, -0.1) is 0 Å². The van der Waals surface area contributed by atoms with Gasteiger partial charge in [-0.3, -0.25) is 13.9 Å². The van der Waals surface area contributed by atoms with Crippen LogP contribution >= 0.6 is 11.6 Å². The van der Waals surface area contributed by atoms with Crippen LogP contribution in [-0.2, 0) is 32.6 Å². The van der Waals surface area contributed by atoms with Crippen LogP contribution in [0.3, 0.4) is 0 Å². The molecule has 2 amide bonds. The highest BCUT2D eigenvalue weighted by molar-refractivity contribution is 7.92. The molecular weight excluding hydrogens is 570 g/mol. The summed E-state index contributed by atoms with van der Waals surface area (Å²) >= 11 is 6.26. The Kier molecular flexibility index (Phi) is 11.2. The molecule has 0 saturated carbocycles. The Labute approximate surface area is 255 Å². The zero-order valence-corrected chi connectivity index (χ0v) is 26.9. The van der Waals surface area contributed by atoms with Gasteiger partial charge in [0.05, 0.1) is 11.9 Å². The number of carbonyl (C=O) groups is 2. The number of amides is 2. The largest absolute Gasteiger partial charge is 0.350 e. The number of hydrogen-bond donors (Lipinski definition) is 1. The van der Waals surface area contributed by atoms with E-state index in [0.717, 1.165) is 22.3 Å². The maximum Gasteiger partial charge on any atom is 0.243 e. The molecule has 1 atom stereocenters. The zero-order chi connectivity index (χ0) is 31.1. The molecular formula is C33H42ClN3O4S. The van der Waals surface area contributed by atoms with Crippen LogP contribution in [0.5, 0.6) is 0 Å². The van der Waals surface area contributed by atoms with E-state index >= 15 is 0 Å². The van der Waals surface area contributed by atoms with Crippen molar-refractivity contribution < 1.29 is 18.0 Å². The first-order chi connectivity index (χ1) is 19.6. The Bertz CT molecular complexity index is 1490. The quantitative estimate of drug-likeness (QED) is 0.270. The summed E-state index contributed by atoms with van der Waals surface area (Å²) in [7, 11) is -3.58. The van der Waals surface area contributed by atoms with E-state index in [2.05, 4.69) is 5.32 Å². The van der Waals surface area contributed by atoms with E-state index in [4.69, 9.17) is 11.6 Å². The van der Waals surface area contributed by atoms with Gasteiger partial charge in [0.15, 0.2) is 0 Å². The maximum absolute atomic E-state index is 13.9. The number of benzene rings is 3. The number of halogens is 1. The minimum absolute atomic E-state index is 0.0610. The van der Waals surface area contributed by atoms with Gasteiger partial charge in [-0.25, -0.2) is 8.42 Å². The molecule has 0 fully saturated rings. The van der Waals surface area contributed by atoms with E-state index in [9.17, 15) is 18.0 Å². The van der Waals surface area contributed by atoms with E-state index in [1.54, 1.807) is 23.1 Å². The van der Waals surface area contributed by atoms with Gasteiger partial charge in [-0.2, -0.15) is 0 Å². The van der Waals surface area contributed by atoms with Crippen molar-refractivity contribution in [1.82, 2.24) is 10.2 Å². The van der Waals surface area contributed by atoms with Crippen LogP contribution in [0.15, 0.2) is 72.8 Å². The monoisotopic (exact) mass is 611 g/mol. The summed E-state index contributed by atoms with van der Waals surface area (Å²) in [5.74, 6) is -0.497. The molecule has 0 aromatic heterocycles. The van der Waals surface area contributed by atoms with Crippen LogP contribution in [0.25, 0.3) is 0 Å². The summed E-state index contributed by atoms with van der Waals surface area (Å²) in [4.78, 5) is 29.2. The van der Waals surface area contributed by atoms with Gasteiger partial charge in [0.1, 0.15) is 6.04 Å². The van der Waals surface area contributed by atoms with E-state index < -0.39 is 21.6 Å². The van der Waals surface area contributed by atoms with Gasteiger partial charge in [0.2, 0.25) is 21.8 Å². The predicted molar refractivity (Wildman–Crippen MR) is 171 cm³/mol. The molecule has 0 aliphatic rings. The molecule has 3 rings (SSSR count). The number of nitrogens with one attached hydrogen (secondary N) is 1. The van der Waals surface area contributed by atoms with Crippen LogP contribution < -0.4 is 9.62 Å². The molecule has 9 heteroatoms. The summed E-state index contributed by atoms with van der Waals surface area (Å²) in [5, 5.41) is 3.59. The second-order valence-corrected chi connectivity index (χ2v) is 14.1. The molecule has 0 radical (unpaired) electrons. The van der Waals surface area contributed by atoms with Gasteiger partial charge < -0.3 is 10.2 Å². The topological polar surface area (TPSA) is 86.8 Å². The minimum atomic E-state index is -3.58. The highest BCUT2D eigenvalue weighted by atomic mass is 35.5. The summed E-state index contributed by atoms with van der Waals surface area (Å²) in [5.41, 5.74) is 3.84. The molecule has 3 aromatic carbocycles. The van der Waals surface area contributed by atoms with Gasteiger partial charge in [0.25, 0.3) is 0 Å². The Balaban J connectivity index is 1.91. The molecule has 42 heavy (non-hydrogen) atoms. The third kappa shape index (κ3) is 9.88. The van der Waals surface area contributed by atoms with Crippen molar-refractivity contribution in [2.45, 2.75) is 72.0 Å². The fourth-order valence-electron chi connectivity index (χ4n) is 4.72. The number of aryl methyl sites for hydroxylation is 2. The molecule has 0 saturated heterocycles. The van der Waals surface area contributed by atoms with E-state index in [0.29, 0.717) is 17.1 Å². The van der Waals surface area contributed by atoms with Crippen LogP contribution in [0, 0.1) is 13.8 Å². The predicted octanol–water partition coefficient (Wildman–Crippen LogP) is 6.06. The van der Waals surface area contributed by atoms with E-state index in [-0.39, 0.29) is 37.7 Å². The molecule has 3 aromatic rings. The van der Waals surface area contributed by atoms with Crippen molar-refractivity contribution in [3.8, 4) is 0 Å². The number of carbonyl (C=O) groups excluding carboxylic acids is 2. The van der Waals surface area contributed by atoms with Crippen molar-refractivity contribution in [2.24, 2.45) is 0 Å². The van der Waals surface area contributed by atoms with Gasteiger partial charge >= 0.3 is 0 Å². The lowest BCUT2D eigenvalue weighted by Crippen LogP contribution is -2.54. The van der Waals surface area contributed by atoms with Crippen molar-refractivity contribution in [2.75, 3.05) is 17.1 Å². The van der Waals surface area contributed by atoms with Gasteiger partial charge in [-0.1, -0.05) is 60.1 Å². The van der Waals surface area contributed by atoms with Crippen molar-refractivity contribution in [3.63, 3.8) is 0 Å². The SMILES string of the molecule is Cc1ccc(N(CCCC(=O)N(Cc2cccc(Cl)c2)[C@H](Cc2ccccc2)C(=O)NC(C)(C)C)S(C)(=O)=O)cc1C. The average Bonchev–Trinajstić information content (AvgIpc) is 2.89. The normalized spacial score (nSPS) is 12.5. The molecule has 0 aliphatic carbocycles. The zero-order valence-electron chi connectivity index (χ0n) is 25.4. The molecule has 0 aliphatic heterocycles. The second kappa shape index (κ2) is 14.2. The molecule has 7 nitrogen and oxygen atoms in total. The number of anilines is 1. The van der Waals surface area contributed by atoms with E-state index in [1.165, 1.54) is 10.6 Å². The first-order valence-electron chi connectivity index (χ1n) is 14.1. The van der Waals surface area contributed by atoms with Gasteiger partial charge in [-0.05, 0) is 87.6 Å². The Hall–Kier alpha value is -3.36. The van der Waals surface area contributed by atoms with Crippen LogP contribution in [-0.4, -0.2) is 49.5 Å². The molecule has 0 unspecified atom stereocenters. The Morgan fingerprint density at radius 3 is 2.17 bits per heavy atom. The summed E-state index contributed by atoms with van der Waals surface area (Å²) in [6.45, 7) is 9.93. The maximum atomic E-state index is 13.9. The van der Waals surface area contributed by atoms with Crippen LogP contribution in [0.1, 0.15) is 55.9 Å². The smallest absolute Gasteiger partial charge is 0.243 e. The fraction of sp³-hybridized carbons (Fsp3) is 0.394. The number of nitrogens with zero attached hydrogens (tertiary/aromatic N) is 2. The lowest BCUT2D eigenvalue weighted by Gasteiger charge is -2.34. The summed E-state index contributed by atoms with van der Waals surface area (Å²) in [6, 6.07) is 21.6. The lowest BCUT2D eigenvalue weighted by molar-refractivity contribution is -0.142. The standard InChI is InChI=1S/C33H42ClN3O4S/c1-24-17-18-29(20-25(24)2)37(42(6,40)41)19-11-16-31(38)36(23-27-14-10-15-28(34)21-27)30(32(39)35-33(3,4)5)22-26-12-8-7-9-13-26/h7-10,12-15,17-18,20-21,30H,11,16,19,22-23H2,1-6H3,(H,35,39)/t30-/m1/s1.